The highest BCUT2D eigenvalue weighted by Gasteiger charge is 2.24. The molecule has 0 aliphatic carbocycles. The Bertz CT molecular complexity index is 1190. The van der Waals surface area contributed by atoms with Crippen LogP contribution in [-0.4, -0.2) is 67.1 Å². The van der Waals surface area contributed by atoms with Crippen LogP contribution in [0.2, 0.25) is 0 Å². The number of rotatable bonds is 6. The van der Waals surface area contributed by atoms with Gasteiger partial charge in [-0.3, -0.25) is 4.98 Å². The van der Waals surface area contributed by atoms with Crippen molar-refractivity contribution < 1.29 is 28.8 Å². The number of aliphatic hydroxyl groups excluding tert-OH is 1. The van der Waals surface area contributed by atoms with Gasteiger partial charge in [0.15, 0.2) is 11.5 Å². The van der Waals surface area contributed by atoms with Gasteiger partial charge in [0.05, 0.1) is 24.9 Å². The van der Waals surface area contributed by atoms with Gasteiger partial charge in [0.2, 0.25) is 0 Å². The number of amides is 1. The van der Waals surface area contributed by atoms with Crippen LogP contribution in [0.5, 0.6) is 23.0 Å². The fraction of sp³-hybridized carbons (Fsp3) is 0.385. The number of likely N-dealkylation sites (tertiary alicyclic amines) is 1. The third-order valence-electron chi connectivity index (χ3n) is 6.39. The fourth-order valence-corrected chi connectivity index (χ4v) is 4.55. The molecule has 2 aliphatic rings. The van der Waals surface area contributed by atoms with Crippen molar-refractivity contribution in [2.75, 3.05) is 40.0 Å². The largest absolute Gasteiger partial charge is 0.495 e. The molecule has 3 heterocycles. The summed E-state index contributed by atoms with van der Waals surface area (Å²) in [6.07, 6.45) is 2.08. The Balaban J connectivity index is 1.12. The second-order valence-electron chi connectivity index (χ2n) is 8.72. The summed E-state index contributed by atoms with van der Waals surface area (Å²) in [5.74, 6) is 2.30. The Morgan fingerprint density at radius 2 is 1.94 bits per heavy atom. The maximum Gasteiger partial charge on any atom is 0.412 e. The zero-order chi connectivity index (χ0) is 24.2. The van der Waals surface area contributed by atoms with Gasteiger partial charge in [-0.2, -0.15) is 0 Å². The molecule has 1 aromatic heterocycles. The number of β-amino-alcohol motifs (C(OH)–C–C–N with tert-alkyl or cyclic N) is 1. The van der Waals surface area contributed by atoms with E-state index in [4.69, 9.17) is 18.9 Å². The Morgan fingerprint density at radius 1 is 1.14 bits per heavy atom. The van der Waals surface area contributed by atoms with Crippen LogP contribution in [0.25, 0.3) is 10.9 Å². The van der Waals surface area contributed by atoms with Crippen LogP contribution in [-0.2, 0) is 0 Å². The first-order chi connectivity index (χ1) is 17.1. The third-order valence-corrected chi connectivity index (χ3v) is 6.39. The van der Waals surface area contributed by atoms with E-state index < -0.39 is 12.2 Å². The minimum atomic E-state index is -0.655. The van der Waals surface area contributed by atoms with Crippen LogP contribution in [0, 0.1) is 0 Å². The van der Waals surface area contributed by atoms with E-state index >= 15 is 0 Å². The molecule has 1 amide bonds. The highest BCUT2D eigenvalue weighted by molar-refractivity contribution is 5.83. The predicted molar refractivity (Wildman–Crippen MR) is 129 cm³/mol. The van der Waals surface area contributed by atoms with E-state index in [1.165, 1.54) is 0 Å². The number of hydrogen-bond donors (Lipinski definition) is 2. The molecule has 5 rings (SSSR count). The molecule has 184 valence electrons. The van der Waals surface area contributed by atoms with Crippen LogP contribution in [0.15, 0.2) is 48.7 Å². The number of carbonyl (C=O) groups excluding carboxylic acids is 1. The van der Waals surface area contributed by atoms with Crippen molar-refractivity contribution in [2.24, 2.45) is 0 Å². The molecule has 1 fully saturated rings. The highest BCUT2D eigenvalue weighted by atomic mass is 16.6. The van der Waals surface area contributed by atoms with E-state index in [0.29, 0.717) is 42.8 Å². The molecule has 0 spiro atoms. The molecule has 9 nitrogen and oxygen atoms in total. The van der Waals surface area contributed by atoms with E-state index in [-0.39, 0.29) is 6.04 Å². The van der Waals surface area contributed by atoms with Crippen molar-refractivity contribution in [3.63, 3.8) is 0 Å². The van der Waals surface area contributed by atoms with Gasteiger partial charge in [0, 0.05) is 37.1 Å². The average molecular weight is 480 g/mol. The molecule has 3 aromatic rings. The number of piperidine rings is 1. The summed E-state index contributed by atoms with van der Waals surface area (Å²) in [4.78, 5) is 19.0. The SMILES string of the molecule is COc1cnc2cccc(C(O)CN3CCC(NC(=O)Oc4ccc5c(c4)OCCO5)CC3)c2c1. The number of methoxy groups -OCH3 is 1. The highest BCUT2D eigenvalue weighted by Crippen LogP contribution is 2.33. The Labute approximate surface area is 203 Å². The van der Waals surface area contributed by atoms with Gasteiger partial charge < -0.3 is 34.3 Å². The fourth-order valence-electron chi connectivity index (χ4n) is 4.55. The monoisotopic (exact) mass is 479 g/mol. The van der Waals surface area contributed by atoms with Crippen LogP contribution < -0.4 is 24.3 Å². The Kier molecular flexibility index (Phi) is 6.87. The van der Waals surface area contributed by atoms with E-state index in [1.54, 1.807) is 31.5 Å². The predicted octanol–water partition coefficient (Wildman–Crippen LogP) is 3.30. The van der Waals surface area contributed by atoms with Crippen molar-refractivity contribution in [3.05, 3.63) is 54.2 Å². The molecule has 2 N–H and O–H groups in total. The molecule has 35 heavy (non-hydrogen) atoms. The summed E-state index contributed by atoms with van der Waals surface area (Å²) in [6, 6.07) is 12.8. The van der Waals surface area contributed by atoms with E-state index in [9.17, 15) is 9.90 Å². The molecule has 9 heteroatoms. The average Bonchev–Trinajstić information content (AvgIpc) is 2.89. The molecule has 0 bridgehead atoms. The van der Waals surface area contributed by atoms with Gasteiger partial charge in [-0.25, -0.2) is 4.79 Å². The van der Waals surface area contributed by atoms with Crippen molar-refractivity contribution in [1.29, 1.82) is 0 Å². The van der Waals surface area contributed by atoms with E-state index in [0.717, 1.165) is 42.4 Å². The maximum absolute atomic E-state index is 12.4. The number of hydrogen-bond acceptors (Lipinski definition) is 8. The molecule has 1 unspecified atom stereocenters. The first-order valence-corrected chi connectivity index (χ1v) is 11.8. The summed E-state index contributed by atoms with van der Waals surface area (Å²) < 4.78 is 21.8. The van der Waals surface area contributed by atoms with Gasteiger partial charge in [-0.1, -0.05) is 12.1 Å². The second-order valence-corrected chi connectivity index (χ2v) is 8.72. The molecular weight excluding hydrogens is 450 g/mol. The number of nitrogens with zero attached hydrogens (tertiary/aromatic N) is 2. The topological polar surface area (TPSA) is 102 Å². The summed E-state index contributed by atoms with van der Waals surface area (Å²) in [6.45, 7) is 3.01. The van der Waals surface area contributed by atoms with Crippen LogP contribution >= 0.6 is 0 Å². The minimum Gasteiger partial charge on any atom is -0.495 e. The Hall–Kier alpha value is -3.56. The molecular formula is C26H29N3O6. The van der Waals surface area contributed by atoms with Crippen LogP contribution in [0.3, 0.4) is 0 Å². The molecule has 0 radical (unpaired) electrons. The standard InChI is InChI=1S/C26H29N3O6/c1-32-19-13-21-20(3-2-4-22(21)27-15-19)23(30)16-29-9-7-17(8-10-29)28-26(31)35-18-5-6-24-25(14-18)34-12-11-33-24/h2-6,13-15,17,23,30H,7-12,16H2,1H3,(H,28,31). The molecule has 1 saturated heterocycles. The van der Waals surface area contributed by atoms with Gasteiger partial charge in [0.25, 0.3) is 0 Å². The molecule has 2 aliphatic heterocycles. The number of aliphatic hydroxyl groups is 1. The van der Waals surface area contributed by atoms with E-state index in [2.05, 4.69) is 15.2 Å². The lowest BCUT2D eigenvalue weighted by Crippen LogP contribution is -2.46. The van der Waals surface area contributed by atoms with E-state index in [1.807, 2.05) is 24.3 Å². The first kappa shape index (κ1) is 23.2. The van der Waals surface area contributed by atoms with Crippen molar-refractivity contribution >= 4 is 17.0 Å². The number of ether oxygens (including phenoxy) is 4. The number of fused-ring (bicyclic) bond motifs is 2. The molecule has 2 aromatic carbocycles. The van der Waals surface area contributed by atoms with Crippen molar-refractivity contribution in [2.45, 2.75) is 25.0 Å². The lowest BCUT2D eigenvalue weighted by atomic mass is 10.0. The number of nitrogens with one attached hydrogen (secondary N) is 1. The number of benzene rings is 2. The third kappa shape index (κ3) is 5.41. The molecule has 0 saturated carbocycles. The Morgan fingerprint density at radius 3 is 2.74 bits per heavy atom. The van der Waals surface area contributed by atoms with Gasteiger partial charge in [-0.15, -0.1) is 0 Å². The maximum atomic E-state index is 12.4. The summed E-state index contributed by atoms with van der Waals surface area (Å²) in [7, 11) is 1.60. The summed E-state index contributed by atoms with van der Waals surface area (Å²) in [5, 5.41) is 14.8. The number of aromatic nitrogens is 1. The van der Waals surface area contributed by atoms with Gasteiger partial charge >= 0.3 is 6.09 Å². The quantitative estimate of drug-likeness (QED) is 0.555. The van der Waals surface area contributed by atoms with Gasteiger partial charge in [-0.05, 0) is 42.7 Å². The van der Waals surface area contributed by atoms with Crippen molar-refractivity contribution in [3.8, 4) is 23.0 Å². The van der Waals surface area contributed by atoms with Crippen LogP contribution in [0.1, 0.15) is 24.5 Å². The van der Waals surface area contributed by atoms with Gasteiger partial charge in [0.1, 0.15) is 24.7 Å². The normalized spacial score (nSPS) is 17.1. The zero-order valence-electron chi connectivity index (χ0n) is 19.6. The summed E-state index contributed by atoms with van der Waals surface area (Å²) in [5.41, 5.74) is 1.65. The second kappa shape index (κ2) is 10.4. The number of carbonyl (C=O) groups is 1. The molecule has 1 atom stereocenters. The minimum absolute atomic E-state index is 0.0131. The smallest absolute Gasteiger partial charge is 0.412 e. The lowest BCUT2D eigenvalue weighted by molar-refractivity contribution is 0.0945. The lowest BCUT2D eigenvalue weighted by Gasteiger charge is -2.33. The first-order valence-electron chi connectivity index (χ1n) is 11.8. The van der Waals surface area contributed by atoms with Crippen LogP contribution in [0.4, 0.5) is 4.79 Å². The summed E-state index contributed by atoms with van der Waals surface area (Å²) >= 11 is 0. The zero-order valence-corrected chi connectivity index (χ0v) is 19.6. The number of pyridine rings is 1. The van der Waals surface area contributed by atoms with Crippen molar-refractivity contribution in [1.82, 2.24) is 15.2 Å².